The number of aliphatic hydroxyl groups excluding tert-OH is 1. The summed E-state index contributed by atoms with van der Waals surface area (Å²) in [7, 11) is 0. The Morgan fingerprint density at radius 1 is 1.13 bits per heavy atom. The lowest BCUT2D eigenvalue weighted by Gasteiger charge is -2.35. The van der Waals surface area contributed by atoms with Gasteiger partial charge in [0.2, 0.25) is 5.91 Å². The van der Waals surface area contributed by atoms with Crippen molar-refractivity contribution in [2.45, 2.75) is 53.6 Å². The smallest absolute Gasteiger partial charge is 0.248 e. The first-order chi connectivity index (χ1) is 14.1. The van der Waals surface area contributed by atoms with E-state index in [2.05, 4.69) is 31.3 Å². The quantitative estimate of drug-likeness (QED) is 0.315. The molecule has 1 amide bonds. The SMILES string of the molecule is CC1=C(\C=C/C(C)=C/C=C\C(C)=C/C(=O)Nc2ccc(O)cc2)C(C)(C)CCC1O. The van der Waals surface area contributed by atoms with Crippen LogP contribution in [0.25, 0.3) is 0 Å². The highest BCUT2D eigenvalue weighted by molar-refractivity contribution is 5.99. The molecule has 0 saturated heterocycles. The molecule has 0 heterocycles. The minimum atomic E-state index is -0.345. The Morgan fingerprint density at radius 2 is 1.80 bits per heavy atom. The molecular weight excluding hydrogens is 374 g/mol. The molecule has 4 heteroatoms. The average Bonchev–Trinajstić information content (AvgIpc) is 2.66. The third kappa shape index (κ3) is 6.89. The van der Waals surface area contributed by atoms with Crippen molar-refractivity contribution < 1.29 is 15.0 Å². The van der Waals surface area contributed by atoms with E-state index in [1.165, 1.54) is 23.8 Å². The summed E-state index contributed by atoms with van der Waals surface area (Å²) >= 11 is 0. The molecule has 0 radical (unpaired) electrons. The van der Waals surface area contributed by atoms with Gasteiger partial charge in [-0.1, -0.05) is 49.8 Å². The molecule has 1 aliphatic rings. The van der Waals surface area contributed by atoms with Crippen LogP contribution >= 0.6 is 0 Å². The molecule has 0 aromatic heterocycles. The van der Waals surface area contributed by atoms with Crippen molar-refractivity contribution in [1.29, 1.82) is 0 Å². The lowest BCUT2D eigenvalue weighted by atomic mass is 9.71. The van der Waals surface area contributed by atoms with Gasteiger partial charge in [-0.15, -0.1) is 0 Å². The molecule has 1 atom stereocenters. The number of allylic oxidation sites excluding steroid dienone is 8. The van der Waals surface area contributed by atoms with Crippen molar-refractivity contribution >= 4 is 11.6 Å². The van der Waals surface area contributed by atoms with Gasteiger partial charge in [0.25, 0.3) is 0 Å². The van der Waals surface area contributed by atoms with Crippen LogP contribution in [-0.4, -0.2) is 22.2 Å². The Bertz CT molecular complexity index is 912. The number of hydrogen-bond acceptors (Lipinski definition) is 3. The van der Waals surface area contributed by atoms with Crippen LogP contribution in [0.1, 0.15) is 47.5 Å². The van der Waals surface area contributed by atoms with Gasteiger partial charge >= 0.3 is 0 Å². The summed E-state index contributed by atoms with van der Waals surface area (Å²) in [4.78, 5) is 12.1. The Hall–Kier alpha value is -2.85. The second-order valence-electron chi connectivity index (χ2n) is 8.56. The van der Waals surface area contributed by atoms with Crippen LogP contribution in [0.3, 0.4) is 0 Å². The zero-order chi connectivity index (χ0) is 22.3. The second kappa shape index (κ2) is 10.3. The van der Waals surface area contributed by atoms with Crippen molar-refractivity contribution in [2.24, 2.45) is 5.41 Å². The highest BCUT2D eigenvalue weighted by Crippen LogP contribution is 2.41. The van der Waals surface area contributed by atoms with Crippen molar-refractivity contribution in [2.75, 3.05) is 5.32 Å². The number of rotatable bonds is 6. The number of carbonyl (C=O) groups is 1. The molecule has 1 aromatic carbocycles. The number of amides is 1. The van der Waals surface area contributed by atoms with Gasteiger partial charge in [0.15, 0.2) is 0 Å². The number of aromatic hydroxyl groups is 1. The van der Waals surface area contributed by atoms with Gasteiger partial charge in [0, 0.05) is 11.8 Å². The zero-order valence-corrected chi connectivity index (χ0v) is 18.6. The number of hydrogen-bond donors (Lipinski definition) is 3. The normalized spacial score (nSPS) is 20.3. The molecule has 160 valence electrons. The summed E-state index contributed by atoms with van der Waals surface area (Å²) in [5.74, 6) is -0.0579. The van der Waals surface area contributed by atoms with Crippen LogP contribution in [0, 0.1) is 5.41 Å². The highest BCUT2D eigenvalue weighted by Gasteiger charge is 2.30. The number of anilines is 1. The van der Waals surface area contributed by atoms with Crippen molar-refractivity contribution in [1.82, 2.24) is 0 Å². The van der Waals surface area contributed by atoms with Crippen LogP contribution in [0.15, 0.2) is 83.0 Å². The number of carbonyl (C=O) groups excluding carboxylic acids is 1. The van der Waals surface area contributed by atoms with E-state index in [4.69, 9.17) is 0 Å². The summed E-state index contributed by atoms with van der Waals surface area (Å²) in [5.41, 5.74) is 4.88. The first kappa shape index (κ1) is 23.4. The fourth-order valence-electron chi connectivity index (χ4n) is 3.52. The second-order valence-corrected chi connectivity index (χ2v) is 8.56. The summed E-state index contributed by atoms with van der Waals surface area (Å²) < 4.78 is 0. The minimum absolute atomic E-state index is 0.0696. The zero-order valence-electron chi connectivity index (χ0n) is 18.6. The Morgan fingerprint density at radius 3 is 2.47 bits per heavy atom. The summed E-state index contributed by atoms with van der Waals surface area (Å²) in [6.07, 6.45) is 13.0. The summed E-state index contributed by atoms with van der Waals surface area (Å²) in [6.45, 7) is 10.4. The van der Waals surface area contributed by atoms with Crippen LogP contribution in [0.2, 0.25) is 0 Å². The Labute approximate surface area is 180 Å². The largest absolute Gasteiger partial charge is 0.508 e. The third-order valence-corrected chi connectivity index (χ3v) is 5.42. The fraction of sp³-hybridized carbons (Fsp3) is 0.346. The van der Waals surface area contributed by atoms with E-state index in [0.29, 0.717) is 5.69 Å². The van der Waals surface area contributed by atoms with E-state index >= 15 is 0 Å². The van der Waals surface area contributed by atoms with Gasteiger partial charge < -0.3 is 15.5 Å². The molecule has 3 N–H and O–H groups in total. The maximum absolute atomic E-state index is 12.1. The molecule has 1 unspecified atom stereocenters. The summed E-state index contributed by atoms with van der Waals surface area (Å²) in [6, 6.07) is 6.35. The first-order valence-electron chi connectivity index (χ1n) is 10.3. The van der Waals surface area contributed by atoms with E-state index in [0.717, 1.165) is 29.6 Å². The van der Waals surface area contributed by atoms with Gasteiger partial charge in [-0.3, -0.25) is 4.79 Å². The molecule has 30 heavy (non-hydrogen) atoms. The van der Waals surface area contributed by atoms with Gasteiger partial charge in [0.05, 0.1) is 6.10 Å². The van der Waals surface area contributed by atoms with E-state index in [-0.39, 0.29) is 23.2 Å². The number of benzene rings is 1. The molecule has 2 rings (SSSR count). The number of aliphatic hydroxyl groups is 1. The minimum Gasteiger partial charge on any atom is -0.508 e. The molecule has 0 fully saturated rings. The fourth-order valence-corrected chi connectivity index (χ4v) is 3.52. The molecular formula is C26H33NO3. The molecule has 4 nitrogen and oxygen atoms in total. The van der Waals surface area contributed by atoms with Crippen molar-refractivity contribution in [3.8, 4) is 5.75 Å². The maximum Gasteiger partial charge on any atom is 0.248 e. The Kier molecular flexibility index (Phi) is 8.01. The lowest BCUT2D eigenvalue weighted by Crippen LogP contribution is -2.27. The van der Waals surface area contributed by atoms with Crippen molar-refractivity contribution in [3.63, 3.8) is 0 Å². The van der Waals surface area contributed by atoms with Crippen LogP contribution in [0.4, 0.5) is 5.69 Å². The van der Waals surface area contributed by atoms with Crippen LogP contribution in [-0.2, 0) is 4.79 Å². The molecule has 1 aromatic rings. The monoisotopic (exact) mass is 407 g/mol. The Balaban J connectivity index is 1.99. The van der Waals surface area contributed by atoms with E-state index in [1.807, 2.05) is 39.0 Å². The molecule has 0 spiro atoms. The predicted molar refractivity (Wildman–Crippen MR) is 124 cm³/mol. The van der Waals surface area contributed by atoms with Gasteiger partial charge in [-0.2, -0.15) is 0 Å². The number of phenolic OH excluding ortho intramolecular Hbond substituents is 1. The van der Waals surface area contributed by atoms with Crippen molar-refractivity contribution in [3.05, 3.63) is 83.0 Å². The molecule has 0 saturated carbocycles. The molecule has 0 bridgehead atoms. The van der Waals surface area contributed by atoms with Gasteiger partial charge in [-0.05, 0) is 80.0 Å². The topological polar surface area (TPSA) is 69.6 Å². The van der Waals surface area contributed by atoms with E-state index in [1.54, 1.807) is 12.1 Å². The average molecular weight is 408 g/mol. The van der Waals surface area contributed by atoms with Gasteiger partial charge in [-0.25, -0.2) is 0 Å². The van der Waals surface area contributed by atoms with Crippen LogP contribution in [0.5, 0.6) is 5.75 Å². The molecule has 0 aliphatic heterocycles. The third-order valence-electron chi connectivity index (χ3n) is 5.42. The number of nitrogens with one attached hydrogen (secondary N) is 1. The predicted octanol–water partition coefficient (Wildman–Crippen LogP) is 5.83. The van der Waals surface area contributed by atoms with E-state index in [9.17, 15) is 15.0 Å². The highest BCUT2D eigenvalue weighted by atomic mass is 16.3. The maximum atomic E-state index is 12.1. The molecule has 1 aliphatic carbocycles. The van der Waals surface area contributed by atoms with Gasteiger partial charge in [0.1, 0.15) is 5.75 Å². The summed E-state index contributed by atoms with van der Waals surface area (Å²) in [5, 5.41) is 22.2. The first-order valence-corrected chi connectivity index (χ1v) is 10.3. The standard InChI is InChI=1S/C26H33NO3/c1-18(9-14-23-20(3)24(29)15-16-26(23,4)5)7-6-8-19(2)17-25(30)27-21-10-12-22(28)13-11-21/h6-14,17,24,28-29H,15-16H2,1-5H3,(H,27,30)/b8-6-,14-9-,18-7+,19-17-. The van der Waals surface area contributed by atoms with Crippen LogP contribution < -0.4 is 5.32 Å². The number of phenols is 1. The lowest BCUT2D eigenvalue weighted by molar-refractivity contribution is -0.111. The van der Waals surface area contributed by atoms with E-state index < -0.39 is 0 Å².